The second-order valence-corrected chi connectivity index (χ2v) is 3.35. The van der Waals surface area contributed by atoms with Crippen LogP contribution in [0.15, 0.2) is 28.0 Å². The molecule has 1 aromatic rings. The fourth-order valence-corrected chi connectivity index (χ4v) is 0.952. The number of carboxylic acid groups (broad SMARTS) is 1. The van der Waals surface area contributed by atoms with Crippen molar-refractivity contribution in [2.45, 2.75) is 13.8 Å². The standard InChI is InChI=1S/C10H11N3O5/c1-5(6(2)9(15)16)8(14)12-10(17)11-7-3-4-18-13-7/h3-4H,1-2H3,(H,15,16)(H2,11,12,13,14,17). The lowest BCUT2D eigenvalue weighted by Gasteiger charge is -2.05. The molecule has 3 amide bonds. The Kier molecular flexibility index (Phi) is 4.19. The van der Waals surface area contributed by atoms with Crippen molar-refractivity contribution in [2.24, 2.45) is 0 Å². The number of nitrogens with one attached hydrogen (secondary N) is 2. The Hall–Kier alpha value is -2.64. The molecule has 8 heteroatoms. The summed E-state index contributed by atoms with van der Waals surface area (Å²) in [4.78, 5) is 33.4. The van der Waals surface area contributed by atoms with Gasteiger partial charge in [0.15, 0.2) is 5.82 Å². The van der Waals surface area contributed by atoms with Crippen molar-refractivity contribution in [1.82, 2.24) is 10.5 Å². The molecule has 0 aliphatic heterocycles. The molecule has 96 valence electrons. The molecule has 3 N–H and O–H groups in total. The van der Waals surface area contributed by atoms with E-state index in [-0.39, 0.29) is 17.0 Å². The summed E-state index contributed by atoms with van der Waals surface area (Å²) in [7, 11) is 0. The molecule has 18 heavy (non-hydrogen) atoms. The molecule has 1 aromatic heterocycles. The van der Waals surface area contributed by atoms with Gasteiger partial charge in [0.25, 0.3) is 5.91 Å². The molecule has 0 atom stereocenters. The van der Waals surface area contributed by atoms with E-state index in [2.05, 4.69) is 15.0 Å². The predicted octanol–water partition coefficient (Wildman–Crippen LogP) is 0.744. The van der Waals surface area contributed by atoms with Crippen LogP contribution in [0.25, 0.3) is 0 Å². The number of hydrogen-bond donors (Lipinski definition) is 3. The quantitative estimate of drug-likeness (QED) is 0.683. The highest BCUT2D eigenvalue weighted by atomic mass is 16.5. The van der Waals surface area contributed by atoms with Gasteiger partial charge in [0.05, 0.1) is 0 Å². The van der Waals surface area contributed by atoms with Crippen molar-refractivity contribution >= 4 is 23.7 Å². The van der Waals surface area contributed by atoms with Gasteiger partial charge >= 0.3 is 12.0 Å². The molecule has 0 saturated heterocycles. The van der Waals surface area contributed by atoms with Gasteiger partial charge < -0.3 is 9.63 Å². The molecule has 1 heterocycles. The van der Waals surface area contributed by atoms with Gasteiger partial charge in [-0.3, -0.25) is 15.4 Å². The van der Waals surface area contributed by atoms with Gasteiger partial charge in [-0.2, -0.15) is 0 Å². The first-order valence-corrected chi connectivity index (χ1v) is 4.85. The maximum atomic E-state index is 11.5. The van der Waals surface area contributed by atoms with E-state index in [4.69, 9.17) is 5.11 Å². The molecular formula is C10H11N3O5. The topological polar surface area (TPSA) is 122 Å². The summed E-state index contributed by atoms with van der Waals surface area (Å²) in [6.45, 7) is 2.58. The van der Waals surface area contributed by atoms with Crippen molar-refractivity contribution in [1.29, 1.82) is 0 Å². The average Bonchev–Trinajstić information content (AvgIpc) is 2.79. The van der Waals surface area contributed by atoms with Gasteiger partial charge in [-0.25, -0.2) is 9.59 Å². The highest BCUT2D eigenvalue weighted by Gasteiger charge is 2.15. The number of anilines is 1. The number of nitrogens with zero attached hydrogens (tertiary/aromatic N) is 1. The van der Waals surface area contributed by atoms with E-state index in [1.54, 1.807) is 0 Å². The minimum absolute atomic E-state index is 0.0576. The zero-order valence-electron chi connectivity index (χ0n) is 9.68. The van der Waals surface area contributed by atoms with Crippen LogP contribution in [0.5, 0.6) is 0 Å². The summed E-state index contributed by atoms with van der Waals surface area (Å²) in [6.07, 6.45) is 1.25. The second-order valence-electron chi connectivity index (χ2n) is 3.35. The third-order valence-electron chi connectivity index (χ3n) is 2.13. The minimum atomic E-state index is -1.22. The number of rotatable bonds is 3. The van der Waals surface area contributed by atoms with E-state index in [1.165, 1.54) is 26.2 Å². The average molecular weight is 253 g/mol. The molecule has 0 unspecified atom stereocenters. The first-order valence-electron chi connectivity index (χ1n) is 4.85. The Morgan fingerprint density at radius 3 is 2.44 bits per heavy atom. The molecule has 0 aromatic carbocycles. The number of carbonyl (C=O) groups is 3. The van der Waals surface area contributed by atoms with Gasteiger partial charge in [-0.15, -0.1) is 0 Å². The monoisotopic (exact) mass is 253 g/mol. The Balaban J connectivity index is 2.63. The Labute approximate surface area is 102 Å². The molecule has 0 saturated carbocycles. The number of hydrogen-bond acceptors (Lipinski definition) is 5. The highest BCUT2D eigenvalue weighted by Crippen LogP contribution is 2.04. The molecule has 8 nitrogen and oxygen atoms in total. The van der Waals surface area contributed by atoms with Crippen LogP contribution in [0.1, 0.15) is 13.8 Å². The summed E-state index contributed by atoms with van der Waals surface area (Å²) in [6, 6.07) is 0.557. The Morgan fingerprint density at radius 1 is 1.28 bits per heavy atom. The smallest absolute Gasteiger partial charge is 0.331 e. The summed E-state index contributed by atoms with van der Waals surface area (Å²) in [5.74, 6) is -1.88. The lowest BCUT2D eigenvalue weighted by Crippen LogP contribution is -2.35. The number of imide groups is 1. The largest absolute Gasteiger partial charge is 0.478 e. The first-order chi connectivity index (χ1) is 8.41. The van der Waals surface area contributed by atoms with E-state index in [1.807, 2.05) is 5.32 Å². The van der Waals surface area contributed by atoms with E-state index >= 15 is 0 Å². The van der Waals surface area contributed by atoms with E-state index in [0.29, 0.717) is 0 Å². The number of aliphatic carboxylic acids is 1. The van der Waals surface area contributed by atoms with Crippen LogP contribution in [0.2, 0.25) is 0 Å². The fourth-order valence-electron chi connectivity index (χ4n) is 0.952. The summed E-state index contributed by atoms with van der Waals surface area (Å²) >= 11 is 0. The molecule has 0 aliphatic rings. The molecule has 0 bridgehead atoms. The SMILES string of the molecule is CC(C(=O)O)=C(C)C(=O)NC(=O)Nc1ccon1. The van der Waals surface area contributed by atoms with Crippen LogP contribution >= 0.6 is 0 Å². The van der Waals surface area contributed by atoms with Gasteiger partial charge in [0.1, 0.15) is 6.26 Å². The number of amides is 3. The van der Waals surface area contributed by atoms with E-state index in [0.717, 1.165) is 0 Å². The summed E-state index contributed by atoms with van der Waals surface area (Å²) < 4.78 is 4.47. The maximum Gasteiger partial charge on any atom is 0.331 e. The van der Waals surface area contributed by atoms with Crippen molar-refractivity contribution in [2.75, 3.05) is 5.32 Å². The lowest BCUT2D eigenvalue weighted by molar-refractivity contribution is -0.133. The van der Waals surface area contributed by atoms with Crippen molar-refractivity contribution in [3.05, 3.63) is 23.5 Å². The molecule has 0 spiro atoms. The van der Waals surface area contributed by atoms with E-state index in [9.17, 15) is 14.4 Å². The minimum Gasteiger partial charge on any atom is -0.478 e. The third-order valence-corrected chi connectivity index (χ3v) is 2.13. The number of carbonyl (C=O) groups excluding carboxylic acids is 2. The van der Waals surface area contributed by atoms with Crippen LogP contribution in [0, 0.1) is 0 Å². The second kappa shape index (κ2) is 5.62. The van der Waals surface area contributed by atoms with Crippen molar-refractivity contribution in [3.63, 3.8) is 0 Å². The van der Waals surface area contributed by atoms with E-state index < -0.39 is 17.9 Å². The lowest BCUT2D eigenvalue weighted by atomic mass is 10.1. The van der Waals surface area contributed by atoms with Gasteiger partial charge in [-0.1, -0.05) is 5.16 Å². The fraction of sp³-hybridized carbons (Fsp3) is 0.200. The summed E-state index contributed by atoms with van der Waals surface area (Å²) in [5, 5.41) is 16.3. The number of aromatic nitrogens is 1. The van der Waals surface area contributed by atoms with Crippen LogP contribution in [-0.2, 0) is 9.59 Å². The van der Waals surface area contributed by atoms with Crippen molar-refractivity contribution in [3.8, 4) is 0 Å². The van der Waals surface area contributed by atoms with Crippen LogP contribution < -0.4 is 10.6 Å². The van der Waals surface area contributed by atoms with Crippen LogP contribution in [0.4, 0.5) is 10.6 Å². The maximum absolute atomic E-state index is 11.5. The van der Waals surface area contributed by atoms with Crippen molar-refractivity contribution < 1.29 is 24.0 Å². The van der Waals surface area contributed by atoms with Gasteiger partial charge in [0.2, 0.25) is 0 Å². The number of urea groups is 1. The molecule has 0 aliphatic carbocycles. The summed E-state index contributed by atoms with van der Waals surface area (Å²) in [5.41, 5.74) is -0.195. The molecule has 0 fully saturated rings. The predicted molar refractivity (Wildman–Crippen MR) is 59.7 cm³/mol. The number of carboxylic acids is 1. The zero-order valence-corrected chi connectivity index (χ0v) is 9.68. The third kappa shape index (κ3) is 3.44. The zero-order chi connectivity index (χ0) is 13.7. The van der Waals surface area contributed by atoms with Crippen LogP contribution in [0.3, 0.4) is 0 Å². The Morgan fingerprint density at radius 2 is 1.94 bits per heavy atom. The molecular weight excluding hydrogens is 242 g/mol. The van der Waals surface area contributed by atoms with Crippen LogP contribution in [-0.4, -0.2) is 28.2 Å². The first kappa shape index (κ1) is 13.4. The molecule has 0 radical (unpaired) electrons. The molecule has 1 rings (SSSR count). The van der Waals surface area contributed by atoms with Gasteiger partial charge in [-0.05, 0) is 13.8 Å². The van der Waals surface area contributed by atoms with Gasteiger partial charge in [0, 0.05) is 17.2 Å². The normalized spacial score (nSPS) is 11.4. The highest BCUT2D eigenvalue weighted by molar-refractivity contribution is 6.10. The Bertz CT molecular complexity index is 504.